The minimum atomic E-state index is -0.278. The van der Waals surface area contributed by atoms with Crippen molar-refractivity contribution >= 4 is 5.97 Å². The number of epoxide rings is 1. The lowest BCUT2D eigenvalue weighted by atomic mass is 9.73. The van der Waals surface area contributed by atoms with Crippen molar-refractivity contribution in [2.75, 3.05) is 6.61 Å². The number of rotatable bonds is 2. The summed E-state index contributed by atoms with van der Waals surface area (Å²) < 4.78 is 10.7. The Labute approximate surface area is 91.1 Å². The van der Waals surface area contributed by atoms with Crippen LogP contribution in [0, 0.1) is 11.8 Å². The quantitative estimate of drug-likeness (QED) is 0.520. The lowest BCUT2D eigenvalue weighted by Gasteiger charge is -2.30. The third kappa shape index (κ3) is 1.78. The Morgan fingerprint density at radius 1 is 1.53 bits per heavy atom. The van der Waals surface area contributed by atoms with Crippen LogP contribution in [-0.4, -0.2) is 24.3 Å². The van der Waals surface area contributed by atoms with Crippen molar-refractivity contribution < 1.29 is 14.3 Å². The standard InChI is InChI=1S/C12H20O3/c1-4-14-11(13)10-12(15-10)6-5-8(2)7-9(12)3/h8-10H,4-7H2,1-3H3. The molecule has 2 aliphatic rings. The molecule has 4 atom stereocenters. The Bertz CT molecular complexity index is 264. The fourth-order valence-corrected chi connectivity index (χ4v) is 2.85. The highest BCUT2D eigenvalue weighted by Gasteiger charge is 2.65. The summed E-state index contributed by atoms with van der Waals surface area (Å²) in [4.78, 5) is 11.6. The molecule has 0 amide bonds. The van der Waals surface area contributed by atoms with Gasteiger partial charge < -0.3 is 9.47 Å². The lowest BCUT2D eigenvalue weighted by Crippen LogP contribution is -2.34. The maximum Gasteiger partial charge on any atom is 0.338 e. The number of esters is 1. The molecule has 3 nitrogen and oxygen atoms in total. The van der Waals surface area contributed by atoms with Gasteiger partial charge in [0.2, 0.25) is 0 Å². The van der Waals surface area contributed by atoms with Gasteiger partial charge in [0.25, 0.3) is 0 Å². The van der Waals surface area contributed by atoms with E-state index in [1.165, 1.54) is 6.42 Å². The summed E-state index contributed by atoms with van der Waals surface area (Å²) in [5.74, 6) is 1.08. The predicted octanol–water partition coefficient (Wildman–Crippen LogP) is 2.14. The van der Waals surface area contributed by atoms with Gasteiger partial charge >= 0.3 is 5.97 Å². The van der Waals surface area contributed by atoms with E-state index in [0.717, 1.165) is 18.8 Å². The summed E-state index contributed by atoms with van der Waals surface area (Å²) in [6.45, 7) is 6.74. The average molecular weight is 212 g/mol. The summed E-state index contributed by atoms with van der Waals surface area (Å²) in [5, 5.41) is 0. The summed E-state index contributed by atoms with van der Waals surface area (Å²) in [7, 11) is 0. The Morgan fingerprint density at radius 3 is 2.87 bits per heavy atom. The summed E-state index contributed by atoms with van der Waals surface area (Å²) >= 11 is 0. The van der Waals surface area contributed by atoms with Gasteiger partial charge in [-0.1, -0.05) is 13.8 Å². The number of carbonyl (C=O) groups excluding carboxylic acids is 1. The molecule has 0 aromatic carbocycles. The largest absolute Gasteiger partial charge is 0.464 e. The molecule has 0 N–H and O–H groups in total. The van der Waals surface area contributed by atoms with Gasteiger partial charge in [0, 0.05) is 0 Å². The Morgan fingerprint density at radius 2 is 2.27 bits per heavy atom. The second kappa shape index (κ2) is 3.78. The molecule has 0 aromatic heterocycles. The molecule has 4 unspecified atom stereocenters. The van der Waals surface area contributed by atoms with Crippen LogP contribution >= 0.6 is 0 Å². The molecule has 1 aliphatic heterocycles. The van der Waals surface area contributed by atoms with Gasteiger partial charge in [-0.3, -0.25) is 0 Å². The van der Waals surface area contributed by atoms with E-state index in [1.807, 2.05) is 6.92 Å². The highest BCUT2D eigenvalue weighted by atomic mass is 16.7. The molecular formula is C12H20O3. The molecule has 1 heterocycles. The molecule has 15 heavy (non-hydrogen) atoms. The van der Waals surface area contributed by atoms with Gasteiger partial charge in [0.15, 0.2) is 6.10 Å². The molecule has 2 fully saturated rings. The SMILES string of the molecule is CCOC(=O)C1OC12CCC(C)CC2C. The minimum Gasteiger partial charge on any atom is -0.464 e. The van der Waals surface area contributed by atoms with Crippen molar-refractivity contribution in [3.05, 3.63) is 0 Å². The molecular weight excluding hydrogens is 192 g/mol. The first-order chi connectivity index (χ1) is 7.10. The number of carbonyl (C=O) groups is 1. The highest BCUT2D eigenvalue weighted by Crippen LogP contribution is 2.53. The Kier molecular flexibility index (Phi) is 2.75. The zero-order valence-electron chi connectivity index (χ0n) is 9.79. The molecule has 86 valence electrons. The number of ether oxygens (including phenoxy) is 2. The van der Waals surface area contributed by atoms with Crippen LogP contribution in [0.4, 0.5) is 0 Å². The monoisotopic (exact) mass is 212 g/mol. The van der Waals surface area contributed by atoms with Gasteiger partial charge in [0.05, 0.1) is 6.61 Å². The third-order valence-corrected chi connectivity index (χ3v) is 3.84. The molecule has 1 spiro atoms. The van der Waals surface area contributed by atoms with Gasteiger partial charge in [0.1, 0.15) is 5.60 Å². The molecule has 0 bridgehead atoms. The zero-order chi connectivity index (χ0) is 11.1. The predicted molar refractivity (Wildman–Crippen MR) is 56.4 cm³/mol. The van der Waals surface area contributed by atoms with Gasteiger partial charge in [-0.05, 0) is 38.0 Å². The van der Waals surface area contributed by atoms with Crippen LogP contribution in [0.1, 0.15) is 40.0 Å². The second-order valence-corrected chi connectivity index (χ2v) is 4.99. The highest BCUT2D eigenvalue weighted by molar-refractivity contribution is 5.79. The molecule has 2 rings (SSSR count). The zero-order valence-corrected chi connectivity index (χ0v) is 9.79. The van der Waals surface area contributed by atoms with Gasteiger partial charge in [-0.25, -0.2) is 4.79 Å². The van der Waals surface area contributed by atoms with E-state index in [1.54, 1.807) is 0 Å². The van der Waals surface area contributed by atoms with E-state index in [4.69, 9.17) is 9.47 Å². The van der Waals surface area contributed by atoms with Crippen LogP contribution in [0.2, 0.25) is 0 Å². The average Bonchev–Trinajstić information content (AvgIpc) is 2.89. The van der Waals surface area contributed by atoms with Crippen molar-refractivity contribution in [2.45, 2.75) is 51.7 Å². The van der Waals surface area contributed by atoms with E-state index in [0.29, 0.717) is 12.5 Å². The minimum absolute atomic E-state index is 0.168. The fraction of sp³-hybridized carbons (Fsp3) is 0.917. The molecule has 1 saturated carbocycles. The first kappa shape index (κ1) is 10.9. The lowest BCUT2D eigenvalue weighted by molar-refractivity contribution is -0.144. The maximum absolute atomic E-state index is 11.6. The Balaban J connectivity index is 1.97. The van der Waals surface area contributed by atoms with Crippen LogP contribution in [0.5, 0.6) is 0 Å². The van der Waals surface area contributed by atoms with E-state index in [9.17, 15) is 4.79 Å². The number of hydrogen-bond donors (Lipinski definition) is 0. The number of hydrogen-bond acceptors (Lipinski definition) is 3. The van der Waals surface area contributed by atoms with Crippen molar-refractivity contribution in [3.63, 3.8) is 0 Å². The van der Waals surface area contributed by atoms with Crippen molar-refractivity contribution in [1.29, 1.82) is 0 Å². The van der Waals surface area contributed by atoms with Gasteiger partial charge in [-0.2, -0.15) is 0 Å². The van der Waals surface area contributed by atoms with Crippen LogP contribution < -0.4 is 0 Å². The normalized spacial score (nSPS) is 44.1. The fourth-order valence-electron chi connectivity index (χ4n) is 2.85. The van der Waals surface area contributed by atoms with Crippen molar-refractivity contribution in [3.8, 4) is 0 Å². The van der Waals surface area contributed by atoms with E-state index < -0.39 is 0 Å². The topological polar surface area (TPSA) is 38.8 Å². The molecule has 0 aromatic rings. The summed E-state index contributed by atoms with van der Waals surface area (Å²) in [6.07, 6.45) is 3.06. The van der Waals surface area contributed by atoms with Gasteiger partial charge in [-0.15, -0.1) is 0 Å². The third-order valence-electron chi connectivity index (χ3n) is 3.84. The van der Waals surface area contributed by atoms with Crippen LogP contribution in [0.15, 0.2) is 0 Å². The first-order valence-corrected chi connectivity index (χ1v) is 5.94. The smallest absolute Gasteiger partial charge is 0.338 e. The van der Waals surface area contributed by atoms with Crippen molar-refractivity contribution in [2.24, 2.45) is 11.8 Å². The summed E-state index contributed by atoms with van der Waals surface area (Å²) in [5.41, 5.74) is -0.168. The van der Waals surface area contributed by atoms with Crippen LogP contribution in [0.25, 0.3) is 0 Å². The summed E-state index contributed by atoms with van der Waals surface area (Å²) in [6, 6.07) is 0. The van der Waals surface area contributed by atoms with Crippen LogP contribution in [-0.2, 0) is 14.3 Å². The molecule has 1 saturated heterocycles. The van der Waals surface area contributed by atoms with E-state index in [-0.39, 0.29) is 17.7 Å². The van der Waals surface area contributed by atoms with E-state index in [2.05, 4.69) is 13.8 Å². The van der Waals surface area contributed by atoms with Crippen LogP contribution in [0.3, 0.4) is 0 Å². The molecule has 1 aliphatic carbocycles. The van der Waals surface area contributed by atoms with E-state index >= 15 is 0 Å². The van der Waals surface area contributed by atoms with Crippen molar-refractivity contribution in [1.82, 2.24) is 0 Å². The Hall–Kier alpha value is -0.570. The molecule has 3 heteroatoms. The second-order valence-electron chi connectivity index (χ2n) is 4.99. The first-order valence-electron chi connectivity index (χ1n) is 5.94. The maximum atomic E-state index is 11.6. The molecule has 0 radical (unpaired) electrons.